The average Bonchev–Trinajstić information content (AvgIpc) is 1.52. The monoisotopic (exact) mass is 1270 g/mol. The van der Waals surface area contributed by atoms with E-state index in [9.17, 15) is 0 Å². The Balaban J connectivity index is 0.880. The van der Waals surface area contributed by atoms with Crippen LogP contribution < -0.4 is 35.3 Å². The molecule has 0 amide bonds. The highest BCUT2D eigenvalue weighted by molar-refractivity contribution is 7.23. The molecule has 17 rings (SSSR count). The summed E-state index contributed by atoms with van der Waals surface area (Å²) in [5.74, 6) is 2.31. The minimum Gasteiger partial charge on any atom is -0.455 e. The number of aromatic nitrogens is 3. The highest BCUT2D eigenvalue weighted by Gasteiger charge is 2.50. The highest BCUT2D eigenvalue weighted by Crippen LogP contribution is 2.52. The number of para-hydroxylation sites is 5. The Labute approximate surface area is 570 Å². The van der Waals surface area contributed by atoms with Crippen LogP contribution in [0.25, 0.3) is 88.5 Å². The molecular formula is C90H77N5OSi. The second-order valence-corrected chi connectivity index (χ2v) is 33.2. The SMILES string of the molecule is CC(C)(C)c1ccc(-c2cccc(-c3cccc(C(C)(C)C)c3)c2N2CN(c3ccc(-n4c5ccccc5c5ccccc54)c(Oc4ccc5c6c7c(ccc6n(-c6cc(C(C)(C)C)ccn6)c5c4)-c4ccccc4[Si]7(c4ccccc4)c4ccccc4)c3)c3ccccc32)cc1. The topological polar surface area (TPSA) is 38.5 Å². The fraction of sp³-hybridized carbons (Fsp3) is 0.144. The Hall–Kier alpha value is -11.0. The van der Waals surface area contributed by atoms with Crippen LogP contribution >= 0.6 is 0 Å². The molecule has 6 nitrogen and oxygen atoms in total. The Kier molecular flexibility index (Phi) is 13.9. The van der Waals surface area contributed by atoms with Gasteiger partial charge >= 0.3 is 0 Å². The Bertz CT molecular complexity index is 5510. The molecule has 0 spiro atoms. The molecule has 0 atom stereocenters. The molecule has 97 heavy (non-hydrogen) atoms. The van der Waals surface area contributed by atoms with Gasteiger partial charge in [-0.1, -0.05) is 269 Å². The lowest BCUT2D eigenvalue weighted by atomic mass is 9.84. The van der Waals surface area contributed by atoms with E-state index in [1.807, 2.05) is 6.20 Å². The van der Waals surface area contributed by atoms with Crippen molar-refractivity contribution in [2.24, 2.45) is 0 Å². The summed E-state index contributed by atoms with van der Waals surface area (Å²) in [6.45, 7) is 21.2. The van der Waals surface area contributed by atoms with Crippen LogP contribution in [0.1, 0.15) is 79.0 Å². The van der Waals surface area contributed by atoms with Crippen molar-refractivity contribution in [3.8, 4) is 56.4 Å². The van der Waals surface area contributed by atoms with Crippen LogP contribution in [-0.2, 0) is 16.2 Å². The molecule has 0 saturated heterocycles. The number of pyridine rings is 1. The van der Waals surface area contributed by atoms with Gasteiger partial charge in [0.2, 0.25) is 0 Å². The van der Waals surface area contributed by atoms with Crippen molar-refractivity contribution in [3.05, 3.63) is 308 Å². The van der Waals surface area contributed by atoms with Gasteiger partial charge in [-0.05, 0) is 143 Å². The molecule has 0 aliphatic carbocycles. The summed E-state index contributed by atoms with van der Waals surface area (Å²) in [5, 5.41) is 10.3. The summed E-state index contributed by atoms with van der Waals surface area (Å²) < 4.78 is 12.6. The van der Waals surface area contributed by atoms with Gasteiger partial charge in [0.25, 0.3) is 0 Å². The summed E-state index contributed by atoms with van der Waals surface area (Å²) in [7, 11) is -3.00. The molecule has 2 aliphatic heterocycles. The van der Waals surface area contributed by atoms with Crippen molar-refractivity contribution in [3.63, 3.8) is 0 Å². The first-order chi connectivity index (χ1) is 47.0. The fourth-order valence-corrected chi connectivity index (χ4v) is 21.2. The Morgan fingerprint density at radius 1 is 0.371 bits per heavy atom. The van der Waals surface area contributed by atoms with Crippen molar-refractivity contribution in [2.45, 2.75) is 78.6 Å². The first-order valence-corrected chi connectivity index (χ1v) is 36.1. The maximum absolute atomic E-state index is 7.77. The molecule has 0 fully saturated rings. The average molecular weight is 1270 g/mol. The molecular weight excluding hydrogens is 1200 g/mol. The number of anilines is 4. The number of ether oxygens (including phenoxy) is 1. The highest BCUT2D eigenvalue weighted by atomic mass is 28.3. The number of nitrogens with zero attached hydrogens (tertiary/aromatic N) is 5. The van der Waals surface area contributed by atoms with Crippen molar-refractivity contribution in [1.82, 2.24) is 14.1 Å². The molecule has 0 radical (unpaired) electrons. The van der Waals surface area contributed by atoms with Gasteiger partial charge in [0.1, 0.15) is 18.2 Å². The minimum atomic E-state index is -3.00. The number of hydrogen-bond donors (Lipinski definition) is 0. The summed E-state index contributed by atoms with van der Waals surface area (Å²) in [4.78, 5) is 10.3. The quantitative estimate of drug-likeness (QED) is 0.128. The van der Waals surface area contributed by atoms with E-state index in [4.69, 9.17) is 9.72 Å². The van der Waals surface area contributed by atoms with Gasteiger partial charge in [-0.2, -0.15) is 0 Å². The third-order valence-electron chi connectivity index (χ3n) is 20.6. The molecule has 0 saturated carbocycles. The van der Waals surface area contributed by atoms with Gasteiger partial charge < -0.3 is 19.1 Å². The smallest absolute Gasteiger partial charge is 0.181 e. The molecule has 15 aromatic rings. The van der Waals surface area contributed by atoms with E-state index < -0.39 is 8.07 Å². The standard InChI is InChI=1S/C90H77N5OSi/c1-88(2,3)61-44-42-59(43-45-61)68-35-25-36-69(60-26-24-27-62(54-60)89(4,5)6)86(68)93-58-92(77-39-21-22-40-78(77)93)64-46-50-79(94-75-37-19-16-32-70(75)71-33-17-20-38-76(71)94)82(56-64)96-65-47-48-74-81(57-65)95(84-55-63(52-53-91-84)90(7,8)9)80-51-49-73-72-34-18-23-41-83(72)97(87(73)85(74)80,66-28-12-10-13-29-66)67-30-14-11-15-31-67/h10-57H,58H2,1-9H3. The van der Waals surface area contributed by atoms with E-state index in [0.29, 0.717) is 12.4 Å². The largest absolute Gasteiger partial charge is 0.455 e. The predicted octanol–water partition coefficient (Wildman–Crippen LogP) is 20.9. The molecule has 3 aromatic heterocycles. The van der Waals surface area contributed by atoms with Gasteiger partial charge in [0, 0.05) is 56.7 Å². The summed E-state index contributed by atoms with van der Waals surface area (Å²) in [6.07, 6.45) is 1.99. The molecule has 0 bridgehead atoms. The van der Waals surface area contributed by atoms with Crippen LogP contribution in [0.5, 0.6) is 11.5 Å². The molecule has 2 aliphatic rings. The summed E-state index contributed by atoms with van der Waals surface area (Å²) in [6, 6.07) is 106. The third-order valence-corrected chi connectivity index (χ3v) is 25.5. The fourth-order valence-electron chi connectivity index (χ4n) is 15.8. The predicted molar refractivity (Wildman–Crippen MR) is 411 cm³/mol. The normalized spacial score (nSPS) is 13.6. The second-order valence-electron chi connectivity index (χ2n) is 29.5. The van der Waals surface area contributed by atoms with Crippen LogP contribution in [-0.4, -0.2) is 28.9 Å². The number of rotatable bonds is 10. The zero-order valence-corrected chi connectivity index (χ0v) is 57.6. The first kappa shape index (κ1) is 59.7. The zero-order chi connectivity index (χ0) is 66.1. The van der Waals surface area contributed by atoms with E-state index in [0.717, 1.165) is 61.8 Å². The van der Waals surface area contributed by atoms with E-state index in [-0.39, 0.29) is 16.2 Å². The molecule has 5 heterocycles. The Morgan fingerprint density at radius 3 is 1.64 bits per heavy atom. The maximum atomic E-state index is 7.77. The number of hydrogen-bond acceptors (Lipinski definition) is 4. The molecule has 12 aromatic carbocycles. The van der Waals surface area contributed by atoms with Crippen LogP contribution in [0.15, 0.2) is 291 Å². The molecule has 0 unspecified atom stereocenters. The summed E-state index contributed by atoms with van der Waals surface area (Å²) in [5.41, 5.74) is 20.7. The van der Waals surface area contributed by atoms with Crippen molar-refractivity contribution < 1.29 is 4.74 Å². The van der Waals surface area contributed by atoms with E-state index in [1.165, 1.54) is 92.7 Å². The van der Waals surface area contributed by atoms with Gasteiger partial charge in [-0.25, -0.2) is 4.98 Å². The van der Waals surface area contributed by atoms with Crippen LogP contribution in [0.2, 0.25) is 0 Å². The van der Waals surface area contributed by atoms with E-state index >= 15 is 0 Å². The number of fused-ring (bicyclic) bond motifs is 11. The van der Waals surface area contributed by atoms with Gasteiger partial charge in [0.05, 0.1) is 44.8 Å². The molecule has 7 heteroatoms. The van der Waals surface area contributed by atoms with E-state index in [2.05, 4.69) is 366 Å². The summed E-state index contributed by atoms with van der Waals surface area (Å²) >= 11 is 0. The van der Waals surface area contributed by atoms with Crippen molar-refractivity contribution in [2.75, 3.05) is 16.5 Å². The number of benzene rings is 12. The first-order valence-electron chi connectivity index (χ1n) is 34.1. The van der Waals surface area contributed by atoms with Crippen molar-refractivity contribution in [1.29, 1.82) is 0 Å². The lowest BCUT2D eigenvalue weighted by Crippen LogP contribution is -2.72. The molecule has 0 N–H and O–H groups in total. The zero-order valence-electron chi connectivity index (χ0n) is 56.6. The lowest BCUT2D eigenvalue weighted by Gasteiger charge is -2.32. The van der Waals surface area contributed by atoms with Gasteiger partial charge in [0.15, 0.2) is 13.8 Å². The Morgan fingerprint density at radius 2 is 0.959 bits per heavy atom. The minimum absolute atomic E-state index is 0.0159. The van der Waals surface area contributed by atoms with Crippen LogP contribution in [0, 0.1) is 0 Å². The van der Waals surface area contributed by atoms with Crippen LogP contribution in [0.4, 0.5) is 22.7 Å². The second kappa shape index (κ2) is 22.6. The maximum Gasteiger partial charge on any atom is 0.181 e. The molecule has 472 valence electrons. The van der Waals surface area contributed by atoms with Gasteiger partial charge in [-0.3, -0.25) is 4.57 Å². The third kappa shape index (κ3) is 9.68. The van der Waals surface area contributed by atoms with Crippen LogP contribution in [0.3, 0.4) is 0 Å². The lowest BCUT2D eigenvalue weighted by molar-refractivity contribution is 0.481. The van der Waals surface area contributed by atoms with Gasteiger partial charge in [-0.15, -0.1) is 0 Å². The van der Waals surface area contributed by atoms with E-state index in [1.54, 1.807) is 0 Å². The van der Waals surface area contributed by atoms with Crippen molar-refractivity contribution >= 4 is 95.2 Å².